The average Bonchev–Trinajstić information content (AvgIpc) is 3.48. The van der Waals surface area contributed by atoms with Crippen LogP contribution in [-0.2, 0) is 11.2 Å². The zero-order valence-corrected chi connectivity index (χ0v) is 18.9. The molecular formula is C25H18F2N4O2S. The SMILES string of the molecule is Cc1ccc(N(C(=O)CCc2nc(-c3ccc(F)cc3)no2)c2nc3ccccc3s2)cc1F. The van der Waals surface area contributed by atoms with Gasteiger partial charge in [0, 0.05) is 18.4 Å². The van der Waals surface area contributed by atoms with Crippen LogP contribution in [0.4, 0.5) is 19.6 Å². The highest BCUT2D eigenvalue weighted by molar-refractivity contribution is 7.22. The Morgan fingerprint density at radius 2 is 1.82 bits per heavy atom. The molecule has 0 radical (unpaired) electrons. The number of hydrogen-bond donors (Lipinski definition) is 0. The number of nitrogens with zero attached hydrogens (tertiary/aromatic N) is 4. The van der Waals surface area contributed by atoms with Crippen molar-refractivity contribution in [2.24, 2.45) is 0 Å². The quantitative estimate of drug-likeness (QED) is 0.290. The van der Waals surface area contributed by atoms with E-state index in [1.165, 1.54) is 34.4 Å². The summed E-state index contributed by atoms with van der Waals surface area (Å²) in [6, 6.07) is 17.9. The number of hydrogen-bond acceptors (Lipinski definition) is 6. The lowest BCUT2D eigenvalue weighted by molar-refractivity contribution is -0.117. The minimum atomic E-state index is -0.405. The van der Waals surface area contributed by atoms with E-state index in [1.54, 1.807) is 31.2 Å². The first kappa shape index (κ1) is 21.8. The Hall–Kier alpha value is -3.98. The summed E-state index contributed by atoms with van der Waals surface area (Å²) in [7, 11) is 0. The third-order valence-electron chi connectivity index (χ3n) is 5.26. The Labute approximate surface area is 197 Å². The molecule has 34 heavy (non-hydrogen) atoms. The van der Waals surface area contributed by atoms with Gasteiger partial charge in [-0.05, 0) is 61.0 Å². The lowest BCUT2D eigenvalue weighted by Crippen LogP contribution is -2.26. The van der Waals surface area contributed by atoms with E-state index in [0.717, 1.165) is 10.2 Å². The molecule has 0 spiro atoms. The fourth-order valence-electron chi connectivity index (χ4n) is 3.44. The Morgan fingerprint density at radius 1 is 1.03 bits per heavy atom. The van der Waals surface area contributed by atoms with E-state index in [1.807, 2.05) is 24.3 Å². The normalized spacial score (nSPS) is 11.1. The predicted octanol–water partition coefficient (Wildman–Crippen LogP) is 6.23. The summed E-state index contributed by atoms with van der Waals surface area (Å²) >= 11 is 1.35. The molecule has 1 amide bonds. The summed E-state index contributed by atoms with van der Waals surface area (Å²) in [6.45, 7) is 1.66. The van der Waals surface area contributed by atoms with Crippen LogP contribution >= 0.6 is 11.3 Å². The number of para-hydroxylation sites is 1. The van der Waals surface area contributed by atoms with Crippen molar-refractivity contribution in [3.8, 4) is 11.4 Å². The van der Waals surface area contributed by atoms with Crippen LogP contribution < -0.4 is 4.90 Å². The molecule has 170 valence electrons. The fourth-order valence-corrected chi connectivity index (χ4v) is 4.44. The topological polar surface area (TPSA) is 72.1 Å². The van der Waals surface area contributed by atoms with Crippen LogP contribution in [0.25, 0.3) is 21.6 Å². The molecule has 0 aliphatic rings. The number of amides is 1. The lowest BCUT2D eigenvalue weighted by atomic mass is 10.2. The molecule has 2 heterocycles. The van der Waals surface area contributed by atoms with Gasteiger partial charge in [0.2, 0.25) is 17.6 Å². The molecule has 0 aliphatic carbocycles. The summed E-state index contributed by atoms with van der Waals surface area (Å²) in [4.78, 5) is 23.7. The van der Waals surface area contributed by atoms with Crippen molar-refractivity contribution in [2.75, 3.05) is 4.90 Å². The largest absolute Gasteiger partial charge is 0.339 e. The van der Waals surface area contributed by atoms with Gasteiger partial charge in [0.15, 0.2) is 5.13 Å². The van der Waals surface area contributed by atoms with Crippen molar-refractivity contribution in [3.05, 3.63) is 89.8 Å². The maximum absolute atomic E-state index is 14.4. The van der Waals surface area contributed by atoms with Gasteiger partial charge in [-0.1, -0.05) is 34.7 Å². The lowest BCUT2D eigenvalue weighted by Gasteiger charge is -2.20. The highest BCUT2D eigenvalue weighted by Gasteiger charge is 2.23. The maximum atomic E-state index is 14.4. The number of carbonyl (C=O) groups is 1. The minimum absolute atomic E-state index is 0.0382. The highest BCUT2D eigenvalue weighted by Crippen LogP contribution is 2.34. The minimum Gasteiger partial charge on any atom is -0.339 e. The zero-order valence-electron chi connectivity index (χ0n) is 18.0. The highest BCUT2D eigenvalue weighted by atomic mass is 32.1. The number of halogens is 2. The van der Waals surface area contributed by atoms with Crippen molar-refractivity contribution in [2.45, 2.75) is 19.8 Å². The van der Waals surface area contributed by atoms with Crippen molar-refractivity contribution in [1.29, 1.82) is 0 Å². The van der Waals surface area contributed by atoms with Gasteiger partial charge in [-0.2, -0.15) is 4.98 Å². The standard InChI is InChI=1S/C25H18F2N4O2S/c1-15-6-11-18(14-19(15)27)31(25-28-20-4-2-3-5-21(20)34-25)23(32)13-12-22-29-24(30-33-22)16-7-9-17(26)10-8-16/h2-11,14H,12-13H2,1H3. The second kappa shape index (κ2) is 9.11. The number of aryl methyl sites for hydroxylation is 2. The molecule has 0 atom stereocenters. The molecule has 3 aromatic carbocycles. The van der Waals surface area contributed by atoms with E-state index < -0.39 is 5.82 Å². The molecule has 0 unspecified atom stereocenters. The Bertz CT molecular complexity index is 1450. The van der Waals surface area contributed by atoms with Gasteiger partial charge in [0.1, 0.15) is 11.6 Å². The van der Waals surface area contributed by atoms with Crippen molar-refractivity contribution in [3.63, 3.8) is 0 Å². The third kappa shape index (κ3) is 4.42. The number of thiazole rings is 1. The summed E-state index contributed by atoms with van der Waals surface area (Å²) in [5, 5.41) is 4.36. The number of fused-ring (bicyclic) bond motifs is 1. The smallest absolute Gasteiger partial charge is 0.233 e. The fraction of sp³-hybridized carbons (Fsp3) is 0.120. The number of benzene rings is 3. The van der Waals surface area contributed by atoms with Gasteiger partial charge in [0.25, 0.3) is 0 Å². The number of aromatic nitrogens is 3. The van der Waals surface area contributed by atoms with Crippen molar-refractivity contribution in [1.82, 2.24) is 15.1 Å². The second-order valence-electron chi connectivity index (χ2n) is 7.65. The first-order chi connectivity index (χ1) is 16.5. The Morgan fingerprint density at radius 3 is 2.59 bits per heavy atom. The molecule has 5 rings (SSSR count). The molecule has 0 saturated carbocycles. The van der Waals surface area contributed by atoms with Crippen LogP contribution in [0, 0.1) is 18.6 Å². The molecule has 0 bridgehead atoms. The predicted molar refractivity (Wildman–Crippen MR) is 126 cm³/mol. The van der Waals surface area contributed by atoms with E-state index in [-0.39, 0.29) is 30.5 Å². The van der Waals surface area contributed by atoms with Gasteiger partial charge >= 0.3 is 0 Å². The average molecular weight is 477 g/mol. The van der Waals surface area contributed by atoms with Crippen LogP contribution in [0.3, 0.4) is 0 Å². The van der Waals surface area contributed by atoms with Crippen molar-refractivity contribution < 1.29 is 18.1 Å². The Kier molecular flexibility index (Phi) is 5.85. The monoisotopic (exact) mass is 476 g/mol. The molecule has 2 aromatic heterocycles. The van der Waals surface area contributed by atoms with E-state index >= 15 is 0 Å². The van der Waals surface area contributed by atoms with Gasteiger partial charge in [-0.15, -0.1) is 0 Å². The molecule has 5 aromatic rings. The van der Waals surface area contributed by atoms with E-state index in [4.69, 9.17) is 4.52 Å². The van der Waals surface area contributed by atoms with Crippen LogP contribution in [0.15, 0.2) is 71.3 Å². The summed E-state index contributed by atoms with van der Waals surface area (Å²) in [5.74, 6) is -0.472. The maximum Gasteiger partial charge on any atom is 0.233 e. The first-order valence-electron chi connectivity index (χ1n) is 10.5. The van der Waals surface area contributed by atoms with E-state index in [9.17, 15) is 13.6 Å². The Balaban J connectivity index is 1.40. The summed E-state index contributed by atoms with van der Waals surface area (Å²) < 4.78 is 33.7. The van der Waals surface area contributed by atoms with E-state index in [2.05, 4.69) is 15.1 Å². The number of carbonyl (C=O) groups excluding carboxylic acids is 1. The van der Waals surface area contributed by atoms with Crippen molar-refractivity contribution >= 4 is 38.3 Å². The number of anilines is 2. The third-order valence-corrected chi connectivity index (χ3v) is 6.28. The van der Waals surface area contributed by atoms with E-state index in [0.29, 0.717) is 27.8 Å². The molecule has 0 saturated heterocycles. The molecule has 9 heteroatoms. The second-order valence-corrected chi connectivity index (χ2v) is 8.65. The van der Waals surface area contributed by atoms with Gasteiger partial charge in [-0.3, -0.25) is 9.69 Å². The van der Waals surface area contributed by atoms with Crippen LogP contribution in [0.2, 0.25) is 0 Å². The molecular weight excluding hydrogens is 458 g/mol. The molecule has 0 fully saturated rings. The number of rotatable bonds is 6. The zero-order chi connectivity index (χ0) is 23.7. The van der Waals surface area contributed by atoms with Gasteiger partial charge in [0.05, 0.1) is 15.9 Å². The van der Waals surface area contributed by atoms with Gasteiger partial charge in [-0.25, -0.2) is 13.8 Å². The summed E-state index contributed by atoms with van der Waals surface area (Å²) in [6.07, 6.45) is 0.221. The van der Waals surface area contributed by atoms with Crippen LogP contribution in [0.5, 0.6) is 0 Å². The molecule has 0 aliphatic heterocycles. The summed E-state index contributed by atoms with van der Waals surface area (Å²) in [5.41, 5.74) is 2.24. The van der Waals surface area contributed by atoms with Gasteiger partial charge < -0.3 is 4.52 Å². The molecule has 0 N–H and O–H groups in total. The van der Waals surface area contributed by atoms with Crippen LogP contribution in [-0.4, -0.2) is 21.0 Å². The first-order valence-corrected chi connectivity index (χ1v) is 11.3. The van der Waals surface area contributed by atoms with Crippen LogP contribution in [0.1, 0.15) is 17.9 Å². The molecule has 6 nitrogen and oxygen atoms in total.